The van der Waals surface area contributed by atoms with E-state index in [4.69, 9.17) is 9.47 Å². The normalized spacial score (nSPS) is 52.1. The molecule has 0 aromatic heterocycles. The smallest absolute Gasteiger partial charge is 0.198 e. The predicted octanol–water partition coefficient (Wildman–Crippen LogP) is -1.79. The predicted molar refractivity (Wildman–Crippen MR) is 44.5 cm³/mol. The lowest BCUT2D eigenvalue weighted by Crippen LogP contribution is -2.50. The van der Waals surface area contributed by atoms with Gasteiger partial charge in [0.25, 0.3) is 0 Å². The highest BCUT2D eigenvalue weighted by atomic mass is 32.2. The molecule has 0 radical (unpaired) electrons. The van der Waals surface area contributed by atoms with Gasteiger partial charge >= 0.3 is 0 Å². The summed E-state index contributed by atoms with van der Waals surface area (Å²) in [5, 5.41) is 19.0. The Morgan fingerprint density at radius 1 is 1.46 bits per heavy atom. The van der Waals surface area contributed by atoms with E-state index in [0.29, 0.717) is 0 Å². The SMILES string of the molecule is CS(=O)[C@]12OC[C@@H](O)[C@H]1OC[C@@H]2O. The number of fused-ring (bicyclic) bond motifs is 1. The number of aliphatic hydroxyl groups is 2. The highest BCUT2D eigenvalue weighted by Crippen LogP contribution is 2.39. The Bertz CT molecular complexity index is 245. The minimum Gasteiger partial charge on any atom is -0.388 e. The Hall–Kier alpha value is -0.0100. The lowest BCUT2D eigenvalue weighted by molar-refractivity contribution is -0.0129. The largest absolute Gasteiger partial charge is 0.388 e. The molecule has 0 aromatic rings. The average molecular weight is 208 g/mol. The molecule has 2 saturated heterocycles. The average Bonchev–Trinajstić information content (AvgIpc) is 2.55. The molecule has 13 heavy (non-hydrogen) atoms. The standard InChI is InChI=1S/C7H12O5S/c1-13(10)7-5(9)3-11-6(7)4(8)2-12-7/h4-6,8-9H,2-3H2,1H3/t4-,5+,6-,7+,13?/m1/s1. The van der Waals surface area contributed by atoms with Crippen LogP contribution in [0.1, 0.15) is 0 Å². The summed E-state index contributed by atoms with van der Waals surface area (Å²) < 4.78 is 21.8. The van der Waals surface area contributed by atoms with Gasteiger partial charge in [-0.05, 0) is 0 Å². The van der Waals surface area contributed by atoms with Crippen molar-refractivity contribution in [1.82, 2.24) is 0 Å². The fourth-order valence-corrected chi connectivity index (χ4v) is 3.15. The van der Waals surface area contributed by atoms with Crippen molar-refractivity contribution in [3.05, 3.63) is 0 Å². The maximum absolute atomic E-state index is 11.4. The van der Waals surface area contributed by atoms with Gasteiger partial charge in [-0.3, -0.25) is 4.21 Å². The molecule has 0 spiro atoms. The van der Waals surface area contributed by atoms with Crippen LogP contribution in [0.15, 0.2) is 0 Å². The van der Waals surface area contributed by atoms with E-state index in [1.54, 1.807) is 0 Å². The van der Waals surface area contributed by atoms with E-state index in [-0.39, 0.29) is 13.2 Å². The Morgan fingerprint density at radius 3 is 2.69 bits per heavy atom. The third-order valence-corrected chi connectivity index (χ3v) is 4.09. The Morgan fingerprint density at radius 2 is 2.15 bits per heavy atom. The molecular formula is C7H12O5S. The fourth-order valence-electron chi connectivity index (χ4n) is 1.92. The van der Waals surface area contributed by atoms with Crippen LogP contribution in [0.3, 0.4) is 0 Å². The maximum atomic E-state index is 11.4. The molecule has 6 heteroatoms. The molecule has 0 aliphatic carbocycles. The first-order valence-electron chi connectivity index (χ1n) is 4.04. The molecule has 0 saturated carbocycles. The summed E-state index contributed by atoms with van der Waals surface area (Å²) in [7, 11) is -1.38. The highest BCUT2D eigenvalue weighted by molar-refractivity contribution is 7.85. The van der Waals surface area contributed by atoms with Gasteiger partial charge in [0.05, 0.1) is 24.0 Å². The topological polar surface area (TPSA) is 76.0 Å². The van der Waals surface area contributed by atoms with Crippen molar-refractivity contribution in [1.29, 1.82) is 0 Å². The quantitative estimate of drug-likeness (QED) is 0.532. The van der Waals surface area contributed by atoms with E-state index in [9.17, 15) is 14.4 Å². The van der Waals surface area contributed by atoms with Crippen LogP contribution in [0.4, 0.5) is 0 Å². The van der Waals surface area contributed by atoms with E-state index in [2.05, 4.69) is 0 Å². The van der Waals surface area contributed by atoms with Gasteiger partial charge in [0.1, 0.15) is 18.3 Å². The van der Waals surface area contributed by atoms with E-state index < -0.39 is 34.0 Å². The summed E-state index contributed by atoms with van der Waals surface area (Å²) in [4.78, 5) is -1.21. The summed E-state index contributed by atoms with van der Waals surface area (Å²) in [5.41, 5.74) is 0. The van der Waals surface area contributed by atoms with Gasteiger partial charge in [-0.25, -0.2) is 0 Å². The minimum atomic E-state index is -1.38. The van der Waals surface area contributed by atoms with Crippen LogP contribution in [-0.2, 0) is 20.3 Å². The van der Waals surface area contributed by atoms with E-state index >= 15 is 0 Å². The molecule has 0 amide bonds. The third kappa shape index (κ3) is 1.10. The molecule has 2 fully saturated rings. The molecule has 0 aromatic carbocycles. The second-order valence-corrected chi connectivity index (χ2v) is 4.87. The van der Waals surface area contributed by atoms with Gasteiger partial charge in [0.2, 0.25) is 0 Å². The molecule has 2 heterocycles. The van der Waals surface area contributed by atoms with Crippen LogP contribution in [-0.4, -0.2) is 57.1 Å². The van der Waals surface area contributed by atoms with Crippen molar-refractivity contribution in [2.45, 2.75) is 23.2 Å². The number of hydrogen-bond acceptors (Lipinski definition) is 5. The number of hydrogen-bond donors (Lipinski definition) is 2. The van der Waals surface area contributed by atoms with Gasteiger partial charge in [-0.15, -0.1) is 0 Å². The van der Waals surface area contributed by atoms with Gasteiger partial charge in [-0.2, -0.15) is 0 Å². The Kier molecular flexibility index (Phi) is 2.20. The molecule has 2 aliphatic heterocycles. The number of aliphatic hydroxyl groups excluding tert-OH is 2. The van der Waals surface area contributed by atoms with Crippen LogP contribution >= 0.6 is 0 Å². The zero-order chi connectivity index (χ0) is 9.64. The van der Waals surface area contributed by atoms with Gasteiger partial charge in [-0.1, -0.05) is 0 Å². The van der Waals surface area contributed by atoms with Crippen molar-refractivity contribution in [2.75, 3.05) is 19.5 Å². The molecule has 76 valence electrons. The van der Waals surface area contributed by atoms with E-state index in [0.717, 1.165) is 0 Å². The van der Waals surface area contributed by atoms with Crippen molar-refractivity contribution in [3.63, 3.8) is 0 Å². The van der Waals surface area contributed by atoms with Crippen LogP contribution in [0.25, 0.3) is 0 Å². The fraction of sp³-hybridized carbons (Fsp3) is 1.00. The monoisotopic (exact) mass is 208 g/mol. The van der Waals surface area contributed by atoms with Crippen molar-refractivity contribution >= 4 is 10.8 Å². The molecule has 5 atom stereocenters. The number of ether oxygens (including phenoxy) is 2. The van der Waals surface area contributed by atoms with Gasteiger partial charge in [0, 0.05) is 6.26 Å². The van der Waals surface area contributed by atoms with Crippen molar-refractivity contribution in [3.8, 4) is 0 Å². The zero-order valence-corrected chi connectivity index (χ0v) is 7.99. The summed E-state index contributed by atoms with van der Waals surface area (Å²) in [6.45, 7) is 0.141. The number of rotatable bonds is 1. The molecule has 2 N–H and O–H groups in total. The molecule has 1 unspecified atom stereocenters. The first-order valence-corrected chi connectivity index (χ1v) is 5.60. The van der Waals surface area contributed by atoms with Gasteiger partial charge < -0.3 is 19.7 Å². The first kappa shape index (κ1) is 9.54. The van der Waals surface area contributed by atoms with Crippen LogP contribution in [0.5, 0.6) is 0 Å². The summed E-state index contributed by atoms with van der Waals surface area (Å²) in [6.07, 6.45) is -0.919. The molecule has 5 nitrogen and oxygen atoms in total. The lowest BCUT2D eigenvalue weighted by atomic mass is 10.1. The Labute approximate surface area is 78.1 Å². The molecule has 2 aliphatic rings. The van der Waals surface area contributed by atoms with Crippen molar-refractivity contribution in [2.24, 2.45) is 0 Å². The second-order valence-electron chi connectivity index (χ2n) is 3.32. The summed E-state index contributed by atoms with van der Waals surface area (Å²) >= 11 is 0. The molecular weight excluding hydrogens is 196 g/mol. The van der Waals surface area contributed by atoms with Crippen LogP contribution < -0.4 is 0 Å². The van der Waals surface area contributed by atoms with E-state index in [1.165, 1.54) is 6.26 Å². The highest BCUT2D eigenvalue weighted by Gasteiger charge is 2.62. The third-order valence-electron chi connectivity index (χ3n) is 2.57. The summed E-state index contributed by atoms with van der Waals surface area (Å²) in [6, 6.07) is 0. The second kappa shape index (κ2) is 2.99. The van der Waals surface area contributed by atoms with Crippen LogP contribution in [0.2, 0.25) is 0 Å². The van der Waals surface area contributed by atoms with E-state index in [1.807, 2.05) is 0 Å². The van der Waals surface area contributed by atoms with Crippen molar-refractivity contribution < 1.29 is 23.9 Å². The van der Waals surface area contributed by atoms with Crippen LogP contribution in [0, 0.1) is 0 Å². The molecule has 0 bridgehead atoms. The maximum Gasteiger partial charge on any atom is 0.198 e. The minimum absolute atomic E-state index is 0.0707. The first-order chi connectivity index (χ1) is 6.09. The van der Waals surface area contributed by atoms with Gasteiger partial charge in [0.15, 0.2) is 4.93 Å². The summed E-state index contributed by atoms with van der Waals surface area (Å²) in [5.74, 6) is 0. The lowest BCUT2D eigenvalue weighted by Gasteiger charge is -2.27. The zero-order valence-electron chi connectivity index (χ0n) is 7.17. The Balaban J connectivity index is 2.35. The molecule has 2 rings (SSSR count).